The summed E-state index contributed by atoms with van der Waals surface area (Å²) in [6, 6.07) is 10.4. The third kappa shape index (κ3) is 3.16. The Morgan fingerprint density at radius 1 is 1.28 bits per heavy atom. The molecule has 1 atom stereocenters. The fraction of sp³-hybridized carbons (Fsp3) is 0.214. The van der Waals surface area contributed by atoms with E-state index in [1.54, 1.807) is 12.4 Å². The summed E-state index contributed by atoms with van der Waals surface area (Å²) in [5, 5.41) is 0. The topological polar surface area (TPSA) is 50.9 Å². The van der Waals surface area contributed by atoms with Crippen molar-refractivity contribution in [2.75, 3.05) is 0 Å². The van der Waals surface area contributed by atoms with Crippen molar-refractivity contribution >= 4 is 15.9 Å². The molecule has 0 aliphatic rings. The highest BCUT2D eigenvalue weighted by atomic mass is 79.9. The molecule has 1 unspecified atom stereocenters. The first-order chi connectivity index (χ1) is 8.70. The van der Waals surface area contributed by atoms with Crippen molar-refractivity contribution in [1.82, 2.24) is 10.4 Å². The first-order valence-electron chi connectivity index (χ1n) is 5.82. The molecule has 0 saturated carbocycles. The van der Waals surface area contributed by atoms with Gasteiger partial charge in [0.05, 0.1) is 6.04 Å². The van der Waals surface area contributed by atoms with Gasteiger partial charge in [-0.2, -0.15) is 0 Å². The Kier molecular flexibility index (Phi) is 4.47. The van der Waals surface area contributed by atoms with Crippen LogP contribution in [-0.4, -0.2) is 4.98 Å². The number of nitrogens with two attached hydrogens (primary N) is 1. The van der Waals surface area contributed by atoms with Crippen LogP contribution >= 0.6 is 15.9 Å². The fourth-order valence-electron chi connectivity index (χ4n) is 2.04. The summed E-state index contributed by atoms with van der Waals surface area (Å²) in [6.07, 6.45) is 4.45. The standard InChI is InChI=1S/C14H16BrN3/c1-10-8-12(15)2-3-13(10)14(18-16)9-11-4-6-17-7-5-11/h2-8,14,18H,9,16H2,1H3. The van der Waals surface area contributed by atoms with Gasteiger partial charge in [-0.25, -0.2) is 0 Å². The molecule has 3 N–H and O–H groups in total. The minimum Gasteiger partial charge on any atom is -0.271 e. The van der Waals surface area contributed by atoms with E-state index < -0.39 is 0 Å². The second-order valence-electron chi connectivity index (χ2n) is 4.28. The van der Waals surface area contributed by atoms with E-state index in [-0.39, 0.29) is 6.04 Å². The Morgan fingerprint density at radius 2 is 2.00 bits per heavy atom. The summed E-state index contributed by atoms with van der Waals surface area (Å²) < 4.78 is 1.09. The van der Waals surface area contributed by atoms with Crippen LogP contribution in [0, 0.1) is 6.92 Å². The van der Waals surface area contributed by atoms with Gasteiger partial charge in [0.2, 0.25) is 0 Å². The quantitative estimate of drug-likeness (QED) is 0.674. The largest absolute Gasteiger partial charge is 0.271 e. The highest BCUT2D eigenvalue weighted by molar-refractivity contribution is 9.10. The molecule has 0 bridgehead atoms. The summed E-state index contributed by atoms with van der Waals surface area (Å²) in [5.74, 6) is 5.68. The summed E-state index contributed by atoms with van der Waals surface area (Å²) in [5.41, 5.74) is 6.55. The zero-order valence-electron chi connectivity index (χ0n) is 10.2. The lowest BCUT2D eigenvalue weighted by Crippen LogP contribution is -2.30. The molecule has 0 saturated heterocycles. The van der Waals surface area contributed by atoms with Crippen LogP contribution in [0.15, 0.2) is 47.2 Å². The van der Waals surface area contributed by atoms with Gasteiger partial charge in [0.25, 0.3) is 0 Å². The van der Waals surface area contributed by atoms with Crippen molar-refractivity contribution < 1.29 is 0 Å². The van der Waals surface area contributed by atoms with Gasteiger partial charge in [-0.3, -0.25) is 16.3 Å². The van der Waals surface area contributed by atoms with Crippen molar-refractivity contribution in [2.24, 2.45) is 5.84 Å². The Bertz CT molecular complexity index is 514. The molecule has 4 heteroatoms. The van der Waals surface area contributed by atoms with Gasteiger partial charge in [-0.15, -0.1) is 0 Å². The van der Waals surface area contributed by atoms with E-state index in [0.29, 0.717) is 0 Å². The molecule has 3 nitrogen and oxygen atoms in total. The van der Waals surface area contributed by atoms with Crippen molar-refractivity contribution in [1.29, 1.82) is 0 Å². The van der Waals surface area contributed by atoms with Crippen LogP contribution in [0.3, 0.4) is 0 Å². The molecule has 0 amide bonds. The smallest absolute Gasteiger partial charge is 0.0502 e. The third-order valence-corrected chi connectivity index (χ3v) is 3.49. The number of hydrazine groups is 1. The molecule has 0 radical (unpaired) electrons. The number of hydrogen-bond acceptors (Lipinski definition) is 3. The molecule has 94 valence electrons. The van der Waals surface area contributed by atoms with E-state index in [1.807, 2.05) is 18.2 Å². The molecule has 0 fully saturated rings. The van der Waals surface area contributed by atoms with Crippen molar-refractivity contribution in [2.45, 2.75) is 19.4 Å². The molecular weight excluding hydrogens is 290 g/mol. The van der Waals surface area contributed by atoms with E-state index in [9.17, 15) is 0 Å². The Labute approximate surface area is 116 Å². The van der Waals surface area contributed by atoms with Gasteiger partial charge in [0, 0.05) is 16.9 Å². The minimum atomic E-state index is 0.112. The van der Waals surface area contributed by atoms with E-state index in [0.717, 1.165) is 10.9 Å². The second kappa shape index (κ2) is 6.09. The Balaban J connectivity index is 2.23. The number of aromatic nitrogens is 1. The molecule has 1 aromatic carbocycles. The van der Waals surface area contributed by atoms with E-state index in [4.69, 9.17) is 5.84 Å². The monoisotopic (exact) mass is 305 g/mol. The van der Waals surface area contributed by atoms with E-state index in [1.165, 1.54) is 16.7 Å². The van der Waals surface area contributed by atoms with Crippen molar-refractivity contribution in [3.05, 3.63) is 63.9 Å². The summed E-state index contributed by atoms with van der Waals surface area (Å²) in [4.78, 5) is 4.02. The SMILES string of the molecule is Cc1cc(Br)ccc1C(Cc1ccncc1)NN. The zero-order chi connectivity index (χ0) is 13.0. The highest BCUT2D eigenvalue weighted by Gasteiger charge is 2.13. The molecule has 0 spiro atoms. The molecule has 1 heterocycles. The molecule has 18 heavy (non-hydrogen) atoms. The van der Waals surface area contributed by atoms with Crippen molar-refractivity contribution in [3.63, 3.8) is 0 Å². The van der Waals surface area contributed by atoms with Crippen LogP contribution in [0.25, 0.3) is 0 Å². The van der Waals surface area contributed by atoms with Crippen LogP contribution in [0.5, 0.6) is 0 Å². The maximum Gasteiger partial charge on any atom is 0.0502 e. The Hall–Kier alpha value is -1.23. The molecule has 0 aliphatic heterocycles. The number of pyridine rings is 1. The predicted molar refractivity (Wildman–Crippen MR) is 76.9 cm³/mol. The van der Waals surface area contributed by atoms with Crippen LogP contribution in [0.1, 0.15) is 22.7 Å². The van der Waals surface area contributed by atoms with Crippen molar-refractivity contribution in [3.8, 4) is 0 Å². The van der Waals surface area contributed by atoms with Gasteiger partial charge >= 0.3 is 0 Å². The zero-order valence-corrected chi connectivity index (χ0v) is 11.8. The minimum absolute atomic E-state index is 0.112. The van der Waals surface area contributed by atoms with Gasteiger partial charge in [0.15, 0.2) is 0 Å². The molecule has 1 aromatic heterocycles. The summed E-state index contributed by atoms with van der Waals surface area (Å²) >= 11 is 3.47. The lowest BCUT2D eigenvalue weighted by atomic mass is 9.96. The summed E-state index contributed by atoms with van der Waals surface area (Å²) in [6.45, 7) is 2.09. The van der Waals surface area contributed by atoms with Gasteiger partial charge in [-0.1, -0.05) is 22.0 Å². The number of nitrogens with one attached hydrogen (secondary N) is 1. The number of hydrogen-bond donors (Lipinski definition) is 2. The van der Waals surface area contributed by atoms with Crippen LogP contribution < -0.4 is 11.3 Å². The molecular formula is C14H16BrN3. The lowest BCUT2D eigenvalue weighted by molar-refractivity contribution is 0.549. The van der Waals surface area contributed by atoms with Gasteiger partial charge < -0.3 is 0 Å². The highest BCUT2D eigenvalue weighted by Crippen LogP contribution is 2.23. The van der Waals surface area contributed by atoms with Crippen LogP contribution in [0.4, 0.5) is 0 Å². The van der Waals surface area contributed by atoms with Gasteiger partial charge in [0.1, 0.15) is 0 Å². The number of aryl methyl sites for hydroxylation is 1. The van der Waals surface area contributed by atoms with Gasteiger partial charge in [-0.05, 0) is 54.3 Å². The first-order valence-corrected chi connectivity index (χ1v) is 6.61. The third-order valence-electron chi connectivity index (χ3n) is 3.00. The van der Waals surface area contributed by atoms with Crippen LogP contribution in [0.2, 0.25) is 0 Å². The maximum absolute atomic E-state index is 5.68. The van der Waals surface area contributed by atoms with Crippen LogP contribution in [-0.2, 0) is 6.42 Å². The molecule has 2 aromatic rings. The average molecular weight is 306 g/mol. The molecule has 2 rings (SSSR count). The fourth-order valence-corrected chi connectivity index (χ4v) is 2.52. The lowest BCUT2D eigenvalue weighted by Gasteiger charge is -2.18. The number of halogens is 1. The maximum atomic E-state index is 5.68. The van der Waals surface area contributed by atoms with E-state index in [2.05, 4.69) is 45.4 Å². The number of benzene rings is 1. The predicted octanol–water partition coefficient (Wildman–Crippen LogP) is 2.90. The Morgan fingerprint density at radius 3 is 2.61 bits per heavy atom. The number of rotatable bonds is 4. The van der Waals surface area contributed by atoms with E-state index >= 15 is 0 Å². The summed E-state index contributed by atoms with van der Waals surface area (Å²) in [7, 11) is 0. The molecule has 0 aliphatic carbocycles. The normalized spacial score (nSPS) is 12.4. The first kappa shape index (κ1) is 13.2. The average Bonchev–Trinajstić information content (AvgIpc) is 2.38. The second-order valence-corrected chi connectivity index (χ2v) is 5.20. The number of nitrogens with zero attached hydrogens (tertiary/aromatic N) is 1.